The van der Waals surface area contributed by atoms with Gasteiger partial charge in [0.1, 0.15) is 0 Å². The lowest BCUT2D eigenvalue weighted by Crippen LogP contribution is -2.54. The van der Waals surface area contributed by atoms with Crippen molar-refractivity contribution >= 4 is 35.0 Å². The van der Waals surface area contributed by atoms with Crippen LogP contribution in [-0.4, -0.2) is 84.3 Å². The van der Waals surface area contributed by atoms with Crippen molar-refractivity contribution in [2.45, 2.75) is 104 Å². The van der Waals surface area contributed by atoms with Gasteiger partial charge in [0.15, 0.2) is 5.78 Å². The summed E-state index contributed by atoms with van der Waals surface area (Å²) in [5.74, 6) is 0.191. The van der Waals surface area contributed by atoms with Crippen molar-refractivity contribution in [3.05, 3.63) is 106 Å². The Hall–Kier alpha value is -3.20. The molecule has 7 heteroatoms. The van der Waals surface area contributed by atoms with Crippen molar-refractivity contribution in [1.29, 1.82) is 5.41 Å². The SMILES string of the molecule is CSc1ccc2c(c1)C1(CCC3(CC1)c1cc(SC)ccc1-c1ccc(C(=O)C(C)(C)N4CCOCC4)cc13)c1cc(C(=N)C(C)(C)N3CCCCC3)ccc1-2. The van der Waals surface area contributed by atoms with Gasteiger partial charge in [-0.2, -0.15) is 0 Å². The maximum atomic E-state index is 14.5. The van der Waals surface area contributed by atoms with Gasteiger partial charge in [-0.15, -0.1) is 23.5 Å². The lowest BCUT2D eigenvalue weighted by Gasteiger charge is -2.46. The quantitative estimate of drug-likeness (QED) is 0.109. The highest BCUT2D eigenvalue weighted by Gasteiger charge is 2.54. The zero-order valence-corrected chi connectivity index (χ0v) is 35.8. The van der Waals surface area contributed by atoms with Crippen LogP contribution in [0.1, 0.15) is 111 Å². The summed E-state index contributed by atoms with van der Waals surface area (Å²) in [6.07, 6.45) is 12.1. The molecule has 56 heavy (non-hydrogen) atoms. The van der Waals surface area contributed by atoms with Gasteiger partial charge in [-0.25, -0.2) is 0 Å². The number of thioether (sulfide) groups is 2. The highest BCUT2D eigenvalue weighted by atomic mass is 32.2. The van der Waals surface area contributed by atoms with Crippen LogP contribution in [0.15, 0.2) is 82.6 Å². The van der Waals surface area contributed by atoms with Gasteiger partial charge in [-0.1, -0.05) is 42.8 Å². The first kappa shape index (κ1) is 38.3. The summed E-state index contributed by atoms with van der Waals surface area (Å²) in [5.41, 5.74) is 12.3. The predicted molar refractivity (Wildman–Crippen MR) is 234 cm³/mol. The van der Waals surface area contributed by atoms with Crippen LogP contribution in [0.5, 0.6) is 0 Å². The van der Waals surface area contributed by atoms with E-state index >= 15 is 0 Å². The van der Waals surface area contributed by atoms with E-state index in [4.69, 9.17) is 4.74 Å². The largest absolute Gasteiger partial charge is 0.379 e. The number of ketones is 1. The number of likely N-dealkylation sites (tertiary alicyclic amines) is 1. The van der Waals surface area contributed by atoms with E-state index in [0.717, 1.165) is 68.7 Å². The van der Waals surface area contributed by atoms with E-state index in [1.165, 1.54) is 73.6 Å². The van der Waals surface area contributed by atoms with Crippen molar-refractivity contribution in [2.75, 3.05) is 51.9 Å². The topological polar surface area (TPSA) is 56.6 Å². The number of ether oxygens (including phenoxy) is 1. The van der Waals surface area contributed by atoms with Gasteiger partial charge in [-0.05, 0) is 178 Å². The predicted octanol–water partition coefficient (Wildman–Crippen LogP) is 10.9. The van der Waals surface area contributed by atoms with E-state index in [1.54, 1.807) is 0 Å². The first-order chi connectivity index (χ1) is 26.9. The van der Waals surface area contributed by atoms with Gasteiger partial charge in [0.25, 0.3) is 0 Å². The molecule has 0 aromatic heterocycles. The number of morpholine rings is 1. The van der Waals surface area contributed by atoms with E-state index in [-0.39, 0.29) is 22.2 Å². The smallest absolute Gasteiger partial charge is 0.182 e. The van der Waals surface area contributed by atoms with Crippen molar-refractivity contribution < 1.29 is 9.53 Å². The highest BCUT2D eigenvalue weighted by Crippen LogP contribution is 2.64. The van der Waals surface area contributed by atoms with Gasteiger partial charge in [-0.3, -0.25) is 14.6 Å². The number of hydrogen-bond donors (Lipinski definition) is 1. The second-order valence-electron chi connectivity index (χ2n) is 18.0. The monoisotopic (exact) mass is 783 g/mol. The Morgan fingerprint density at radius 1 is 0.589 bits per heavy atom. The van der Waals surface area contributed by atoms with E-state index in [2.05, 4.69) is 123 Å². The standard InChI is InChI=1S/C49H57N3O2S2/c1-46(2,51-22-8-7-9-23-51)44(50)32-10-14-36-38-16-12-34(55-5)30-42(38)48(40(36)28-32)18-20-49(21-19-48)41-29-33(45(53)47(3,4)52-24-26-54-27-25-52)11-15-37(41)39-17-13-35(56-6)31-43(39)49/h10-17,28-31,50H,7-9,18-27H2,1-6H3. The zero-order chi connectivity index (χ0) is 39.0. The lowest BCUT2D eigenvalue weighted by atomic mass is 9.57. The van der Waals surface area contributed by atoms with Crippen molar-refractivity contribution in [3.8, 4) is 22.3 Å². The normalized spacial score (nSPS) is 23.5. The molecule has 4 aromatic carbocycles. The fraction of sp³-hybridized carbons (Fsp3) is 0.469. The number of fused-ring (bicyclic) bond motifs is 10. The molecular formula is C49H57N3O2S2. The minimum absolute atomic E-state index is 0.140. The molecule has 0 amide bonds. The summed E-state index contributed by atoms with van der Waals surface area (Å²) in [6, 6.07) is 27.8. The first-order valence-electron chi connectivity index (χ1n) is 20.8. The van der Waals surface area contributed by atoms with Gasteiger partial charge in [0.2, 0.25) is 0 Å². The fourth-order valence-corrected chi connectivity index (χ4v) is 12.1. The van der Waals surface area contributed by atoms with Gasteiger partial charge in [0, 0.05) is 39.3 Å². The molecule has 0 radical (unpaired) electrons. The van der Waals surface area contributed by atoms with Crippen LogP contribution in [-0.2, 0) is 15.6 Å². The third-order valence-electron chi connectivity index (χ3n) is 14.8. The third kappa shape index (κ3) is 5.85. The molecule has 4 aromatic rings. The van der Waals surface area contributed by atoms with Gasteiger partial charge >= 0.3 is 0 Å². The van der Waals surface area contributed by atoms with E-state index in [9.17, 15) is 10.2 Å². The summed E-state index contributed by atoms with van der Waals surface area (Å²) in [5, 5.41) is 9.67. The second kappa shape index (κ2) is 14.3. The molecule has 2 spiro atoms. The molecule has 1 saturated carbocycles. The second-order valence-corrected chi connectivity index (χ2v) is 19.7. The Morgan fingerprint density at radius 3 is 1.52 bits per heavy atom. The number of Topliss-reactive ketones (excluding diaryl/α,β-unsaturated/α-hetero) is 1. The molecule has 3 fully saturated rings. The molecule has 5 nitrogen and oxygen atoms in total. The molecule has 2 saturated heterocycles. The molecule has 5 aliphatic rings. The van der Waals surface area contributed by atoms with Crippen molar-refractivity contribution in [3.63, 3.8) is 0 Å². The Balaban J connectivity index is 1.13. The molecule has 9 rings (SSSR count). The summed E-state index contributed by atoms with van der Waals surface area (Å²) in [4.78, 5) is 21.9. The number of carbonyl (C=O) groups excluding carboxylic acids is 1. The maximum absolute atomic E-state index is 14.5. The maximum Gasteiger partial charge on any atom is 0.182 e. The van der Waals surface area contributed by atoms with Crippen molar-refractivity contribution in [2.24, 2.45) is 0 Å². The molecular weight excluding hydrogens is 727 g/mol. The number of rotatable bonds is 8. The fourth-order valence-electron chi connectivity index (χ4n) is 11.3. The molecule has 0 bridgehead atoms. The van der Waals surface area contributed by atoms with Crippen molar-refractivity contribution in [1.82, 2.24) is 9.80 Å². The van der Waals surface area contributed by atoms with Gasteiger partial charge < -0.3 is 10.1 Å². The summed E-state index contributed by atoms with van der Waals surface area (Å²) >= 11 is 3.64. The average Bonchev–Trinajstić information content (AvgIpc) is 3.66. The van der Waals surface area contributed by atoms with Crippen LogP contribution in [0.4, 0.5) is 0 Å². The molecule has 292 valence electrons. The van der Waals surface area contributed by atoms with Crippen LogP contribution in [0.3, 0.4) is 0 Å². The Morgan fingerprint density at radius 2 is 1.02 bits per heavy atom. The van der Waals surface area contributed by atoms with E-state index in [0.29, 0.717) is 13.2 Å². The highest BCUT2D eigenvalue weighted by molar-refractivity contribution is 7.98. The third-order valence-corrected chi connectivity index (χ3v) is 16.2. The minimum Gasteiger partial charge on any atom is -0.379 e. The first-order valence-corrected chi connectivity index (χ1v) is 23.3. The molecule has 1 N–H and O–H groups in total. The van der Waals surface area contributed by atoms with Crippen LogP contribution < -0.4 is 0 Å². The summed E-state index contributed by atoms with van der Waals surface area (Å²) in [6.45, 7) is 13.7. The van der Waals surface area contributed by atoms with Crippen LogP contribution >= 0.6 is 23.5 Å². The zero-order valence-electron chi connectivity index (χ0n) is 34.1. The molecule has 0 atom stereocenters. The van der Waals surface area contributed by atoms with Crippen LogP contribution in [0.2, 0.25) is 0 Å². The number of carbonyl (C=O) groups is 1. The van der Waals surface area contributed by atoms with E-state index < -0.39 is 5.54 Å². The Labute approximate surface area is 342 Å². The number of hydrogen-bond acceptors (Lipinski definition) is 7. The number of piperidine rings is 1. The Kier molecular flexibility index (Phi) is 9.76. The van der Waals surface area contributed by atoms with E-state index in [1.807, 2.05) is 23.5 Å². The molecule has 2 aliphatic heterocycles. The van der Waals surface area contributed by atoms with Crippen LogP contribution in [0.25, 0.3) is 22.3 Å². The lowest BCUT2D eigenvalue weighted by molar-refractivity contribution is -0.00430. The minimum atomic E-state index is -0.612. The van der Waals surface area contributed by atoms with Gasteiger partial charge in [0.05, 0.1) is 30.0 Å². The number of nitrogens with one attached hydrogen (secondary N) is 1. The Bertz CT molecular complexity index is 2060. The number of nitrogens with zero attached hydrogens (tertiary/aromatic N) is 2. The average molecular weight is 784 g/mol. The molecule has 3 aliphatic carbocycles. The molecule has 0 unspecified atom stereocenters. The number of benzene rings is 4. The summed E-state index contributed by atoms with van der Waals surface area (Å²) in [7, 11) is 0. The molecule has 2 heterocycles. The summed E-state index contributed by atoms with van der Waals surface area (Å²) < 4.78 is 5.66. The van der Waals surface area contributed by atoms with Crippen LogP contribution in [0, 0.1) is 5.41 Å².